The molecule has 4 nitrogen and oxygen atoms in total. The number of pyridine rings is 1. The Labute approximate surface area is 184 Å². The summed E-state index contributed by atoms with van der Waals surface area (Å²) in [5.41, 5.74) is 4.84. The maximum Gasteiger partial charge on any atom is 0.188 e. The van der Waals surface area contributed by atoms with Crippen molar-refractivity contribution >= 4 is 28.2 Å². The van der Waals surface area contributed by atoms with Gasteiger partial charge in [-0.05, 0) is 43.0 Å². The van der Waals surface area contributed by atoms with Crippen LogP contribution in [0.2, 0.25) is 0 Å². The summed E-state index contributed by atoms with van der Waals surface area (Å²) in [5.74, 6) is 0.960. The number of hydrogen-bond donors (Lipinski definition) is 0. The van der Waals surface area contributed by atoms with Crippen LogP contribution in [0, 0.1) is 0 Å². The molecule has 3 heterocycles. The van der Waals surface area contributed by atoms with E-state index in [1.165, 1.54) is 30.5 Å². The minimum Gasteiger partial charge on any atom is -0.357 e. The number of nitrogens with zero attached hydrogens (tertiary/aromatic N) is 3. The highest BCUT2D eigenvalue weighted by Crippen LogP contribution is 2.46. The number of para-hydroxylation sites is 2. The molecule has 1 fully saturated rings. The van der Waals surface area contributed by atoms with Gasteiger partial charge in [-0.15, -0.1) is 0 Å². The van der Waals surface area contributed by atoms with Crippen molar-refractivity contribution in [1.29, 1.82) is 0 Å². The summed E-state index contributed by atoms with van der Waals surface area (Å²) >= 11 is 0. The number of carbonyl (C=O) groups excluding carboxylic acids is 1. The van der Waals surface area contributed by atoms with Crippen LogP contribution in [0.25, 0.3) is 10.9 Å². The summed E-state index contributed by atoms with van der Waals surface area (Å²) in [6.45, 7) is 6.40. The van der Waals surface area contributed by atoms with E-state index < -0.39 is 0 Å². The largest absolute Gasteiger partial charge is 0.357 e. The molecule has 2 aliphatic heterocycles. The molecular formula is C27H29N3O. The zero-order valence-electron chi connectivity index (χ0n) is 18.6. The van der Waals surface area contributed by atoms with Gasteiger partial charge in [0.05, 0.1) is 5.52 Å². The Hall–Kier alpha value is -3.14. The fourth-order valence-corrected chi connectivity index (χ4v) is 5.11. The second kappa shape index (κ2) is 7.52. The van der Waals surface area contributed by atoms with Crippen LogP contribution in [0.15, 0.2) is 66.4 Å². The summed E-state index contributed by atoms with van der Waals surface area (Å²) in [6.07, 6.45) is 5.46. The third-order valence-corrected chi connectivity index (χ3v) is 6.86. The summed E-state index contributed by atoms with van der Waals surface area (Å²) in [6, 6.07) is 18.4. The van der Waals surface area contributed by atoms with E-state index in [-0.39, 0.29) is 11.2 Å². The number of anilines is 2. The van der Waals surface area contributed by atoms with E-state index in [4.69, 9.17) is 4.98 Å². The molecule has 0 atom stereocenters. The number of aromatic nitrogens is 1. The van der Waals surface area contributed by atoms with Crippen LogP contribution in [0.1, 0.15) is 49.0 Å². The van der Waals surface area contributed by atoms with E-state index in [1.54, 1.807) is 0 Å². The molecule has 1 saturated heterocycles. The van der Waals surface area contributed by atoms with Gasteiger partial charge in [0.15, 0.2) is 5.78 Å². The average Bonchev–Trinajstić information content (AvgIpc) is 2.99. The first-order valence-electron chi connectivity index (χ1n) is 11.2. The second-order valence-electron chi connectivity index (χ2n) is 9.19. The lowest BCUT2D eigenvalue weighted by molar-refractivity contribution is 0.104. The van der Waals surface area contributed by atoms with Crippen LogP contribution in [-0.4, -0.2) is 30.9 Å². The zero-order valence-corrected chi connectivity index (χ0v) is 18.6. The summed E-state index contributed by atoms with van der Waals surface area (Å²) in [4.78, 5) is 23.1. The van der Waals surface area contributed by atoms with Crippen LogP contribution in [0.5, 0.6) is 0 Å². The monoisotopic (exact) mass is 411 g/mol. The third-order valence-electron chi connectivity index (χ3n) is 6.86. The molecule has 1 aromatic heterocycles. The van der Waals surface area contributed by atoms with Gasteiger partial charge in [0.1, 0.15) is 5.82 Å². The minimum atomic E-state index is -0.223. The molecule has 158 valence electrons. The lowest BCUT2D eigenvalue weighted by Crippen LogP contribution is -2.30. The van der Waals surface area contributed by atoms with Crippen molar-refractivity contribution in [3.05, 3.63) is 77.5 Å². The molecule has 0 bridgehead atoms. The molecule has 0 spiro atoms. The van der Waals surface area contributed by atoms with Gasteiger partial charge in [0.25, 0.3) is 0 Å². The van der Waals surface area contributed by atoms with Crippen LogP contribution < -0.4 is 9.80 Å². The number of hydrogen-bond acceptors (Lipinski definition) is 4. The normalized spacial score (nSPS) is 19.1. The highest BCUT2D eigenvalue weighted by Gasteiger charge is 2.38. The fourth-order valence-electron chi connectivity index (χ4n) is 5.11. The molecule has 2 aromatic carbocycles. The Kier molecular flexibility index (Phi) is 4.81. The molecule has 5 rings (SSSR count). The zero-order chi connectivity index (χ0) is 21.6. The maximum absolute atomic E-state index is 13.7. The van der Waals surface area contributed by atoms with Crippen LogP contribution >= 0.6 is 0 Å². The second-order valence-corrected chi connectivity index (χ2v) is 9.19. The minimum absolute atomic E-state index is 0.0413. The SMILES string of the molecule is CN1/C(=C\C(=O)c2cc(N3CCCCC3)nc3ccccc23)C(C)(C)c2ccccc21. The predicted octanol–water partition coefficient (Wildman–Crippen LogP) is 5.72. The number of likely N-dealkylation sites (N-methyl/N-ethyl adjacent to an activating group) is 1. The van der Waals surface area contributed by atoms with Gasteiger partial charge >= 0.3 is 0 Å². The third kappa shape index (κ3) is 3.31. The number of ketones is 1. The topological polar surface area (TPSA) is 36.4 Å². The Bertz CT molecular complexity index is 1190. The summed E-state index contributed by atoms with van der Waals surface area (Å²) < 4.78 is 0. The van der Waals surface area contributed by atoms with E-state index in [2.05, 4.69) is 55.0 Å². The average molecular weight is 412 g/mol. The summed E-state index contributed by atoms with van der Waals surface area (Å²) in [5, 5.41) is 0.918. The summed E-state index contributed by atoms with van der Waals surface area (Å²) in [7, 11) is 2.05. The lowest BCUT2D eigenvalue weighted by Gasteiger charge is -2.28. The standard InChI is InChI=1S/C27H29N3O/c1-27(2)21-12-6-8-14-23(21)29(3)25(27)18-24(31)20-17-26(30-15-9-4-10-16-30)28-22-13-7-5-11-19(20)22/h5-8,11-14,17-18H,4,9-10,15-16H2,1-3H3/b25-18-. The van der Waals surface area contributed by atoms with E-state index in [1.807, 2.05) is 36.4 Å². The van der Waals surface area contributed by atoms with E-state index in [0.717, 1.165) is 41.1 Å². The molecule has 0 aliphatic carbocycles. The van der Waals surface area contributed by atoms with Gasteiger partial charge in [0.2, 0.25) is 0 Å². The van der Waals surface area contributed by atoms with Crippen molar-refractivity contribution in [2.45, 2.75) is 38.5 Å². The molecule has 0 unspecified atom stereocenters. The van der Waals surface area contributed by atoms with Crippen molar-refractivity contribution in [2.24, 2.45) is 0 Å². The smallest absolute Gasteiger partial charge is 0.188 e. The first-order valence-corrected chi connectivity index (χ1v) is 11.2. The van der Waals surface area contributed by atoms with Crippen molar-refractivity contribution < 1.29 is 4.79 Å². The Morgan fingerprint density at radius 2 is 1.71 bits per heavy atom. The van der Waals surface area contributed by atoms with E-state index in [0.29, 0.717) is 0 Å². The first kappa shape index (κ1) is 19.8. The molecule has 31 heavy (non-hydrogen) atoms. The molecule has 0 radical (unpaired) electrons. The molecule has 0 saturated carbocycles. The van der Waals surface area contributed by atoms with E-state index in [9.17, 15) is 4.79 Å². The quantitative estimate of drug-likeness (QED) is 0.408. The molecule has 2 aliphatic rings. The number of benzene rings is 2. The highest BCUT2D eigenvalue weighted by atomic mass is 16.1. The lowest BCUT2D eigenvalue weighted by atomic mass is 9.83. The van der Waals surface area contributed by atoms with Gasteiger partial charge in [-0.1, -0.05) is 50.2 Å². The Morgan fingerprint density at radius 1 is 1.00 bits per heavy atom. The van der Waals surface area contributed by atoms with Gasteiger partial charge in [0, 0.05) is 54.0 Å². The number of piperidine rings is 1. The molecule has 0 N–H and O–H groups in total. The van der Waals surface area contributed by atoms with Gasteiger partial charge < -0.3 is 9.80 Å². The Morgan fingerprint density at radius 3 is 2.48 bits per heavy atom. The maximum atomic E-state index is 13.7. The van der Waals surface area contributed by atoms with Crippen molar-refractivity contribution in [2.75, 3.05) is 29.9 Å². The molecular weight excluding hydrogens is 382 g/mol. The van der Waals surface area contributed by atoms with Crippen LogP contribution in [-0.2, 0) is 5.41 Å². The fraction of sp³-hybridized carbons (Fsp3) is 0.333. The number of fused-ring (bicyclic) bond motifs is 2. The first-order chi connectivity index (χ1) is 15.0. The number of allylic oxidation sites excluding steroid dienone is 2. The van der Waals surface area contributed by atoms with Crippen molar-refractivity contribution in [3.8, 4) is 0 Å². The van der Waals surface area contributed by atoms with Crippen LogP contribution in [0.4, 0.5) is 11.5 Å². The predicted molar refractivity (Wildman–Crippen MR) is 128 cm³/mol. The van der Waals surface area contributed by atoms with Gasteiger partial charge in [-0.2, -0.15) is 0 Å². The van der Waals surface area contributed by atoms with Crippen LogP contribution in [0.3, 0.4) is 0 Å². The molecule has 0 amide bonds. The van der Waals surface area contributed by atoms with E-state index >= 15 is 0 Å². The Balaban J connectivity index is 1.60. The number of carbonyl (C=O) groups is 1. The highest BCUT2D eigenvalue weighted by molar-refractivity contribution is 6.14. The van der Waals surface area contributed by atoms with Crippen molar-refractivity contribution in [3.63, 3.8) is 0 Å². The molecule has 3 aromatic rings. The van der Waals surface area contributed by atoms with Gasteiger partial charge in [-0.25, -0.2) is 4.98 Å². The molecule has 4 heteroatoms. The number of rotatable bonds is 3. The van der Waals surface area contributed by atoms with Gasteiger partial charge in [-0.3, -0.25) is 4.79 Å². The van der Waals surface area contributed by atoms with Crippen molar-refractivity contribution in [1.82, 2.24) is 4.98 Å².